The maximum Gasteiger partial charge on any atom is 0.269 e. The number of carbonyl (C=O) groups is 2. The molecule has 1 N–H and O–H groups in total. The largest absolute Gasteiger partial charge is 0.495 e. The molecule has 4 rings (SSSR count). The SMILES string of the molecule is CCc1ccc(N2C(=O)C(Cc3ccccc3C)S/C2=C(/C#N)C(=O)Nc2ccccc2OC)cc1. The fourth-order valence-electron chi connectivity index (χ4n) is 4.07. The van der Waals surface area contributed by atoms with Crippen molar-refractivity contribution in [1.29, 1.82) is 5.26 Å². The lowest BCUT2D eigenvalue weighted by Crippen LogP contribution is -2.31. The van der Waals surface area contributed by atoms with Crippen LogP contribution in [0.5, 0.6) is 5.75 Å². The molecule has 0 spiro atoms. The van der Waals surface area contributed by atoms with Crippen molar-refractivity contribution in [2.75, 3.05) is 17.3 Å². The quantitative estimate of drug-likeness (QED) is 0.338. The van der Waals surface area contributed by atoms with Crippen molar-refractivity contribution in [3.05, 3.63) is 100 Å². The van der Waals surface area contributed by atoms with Gasteiger partial charge in [0, 0.05) is 5.69 Å². The number of aryl methyl sites for hydroxylation is 2. The van der Waals surface area contributed by atoms with Gasteiger partial charge >= 0.3 is 0 Å². The highest BCUT2D eigenvalue weighted by Gasteiger charge is 2.41. The molecule has 1 saturated heterocycles. The maximum absolute atomic E-state index is 13.7. The van der Waals surface area contributed by atoms with Gasteiger partial charge < -0.3 is 10.1 Å². The van der Waals surface area contributed by atoms with Crippen LogP contribution in [0.3, 0.4) is 0 Å². The van der Waals surface area contributed by atoms with Crippen LogP contribution in [0.2, 0.25) is 0 Å². The van der Waals surface area contributed by atoms with Crippen LogP contribution in [-0.4, -0.2) is 24.2 Å². The number of nitrogens with one attached hydrogen (secondary N) is 1. The van der Waals surface area contributed by atoms with Crippen molar-refractivity contribution in [2.45, 2.75) is 31.9 Å². The summed E-state index contributed by atoms with van der Waals surface area (Å²) in [6.45, 7) is 4.07. The Morgan fingerprint density at radius 2 is 1.78 bits per heavy atom. The number of rotatable bonds is 7. The molecule has 3 aromatic carbocycles. The number of hydrogen-bond acceptors (Lipinski definition) is 5. The molecule has 36 heavy (non-hydrogen) atoms. The highest BCUT2D eigenvalue weighted by Crippen LogP contribution is 2.42. The zero-order chi connectivity index (χ0) is 25.7. The van der Waals surface area contributed by atoms with Gasteiger partial charge in [-0.15, -0.1) is 0 Å². The monoisotopic (exact) mass is 497 g/mol. The van der Waals surface area contributed by atoms with Crippen molar-refractivity contribution in [3.8, 4) is 11.8 Å². The van der Waals surface area contributed by atoms with E-state index in [1.807, 2.05) is 55.5 Å². The van der Waals surface area contributed by atoms with E-state index in [1.165, 1.54) is 23.8 Å². The van der Waals surface area contributed by atoms with Gasteiger partial charge in [-0.1, -0.05) is 67.2 Å². The zero-order valence-corrected chi connectivity index (χ0v) is 21.3. The Bertz CT molecular complexity index is 1360. The molecule has 1 unspecified atom stereocenters. The second-order valence-electron chi connectivity index (χ2n) is 8.38. The molecule has 1 atom stereocenters. The van der Waals surface area contributed by atoms with E-state index in [1.54, 1.807) is 24.3 Å². The molecule has 182 valence electrons. The molecule has 0 radical (unpaired) electrons. The molecule has 6 nitrogen and oxygen atoms in total. The minimum absolute atomic E-state index is 0.119. The standard InChI is InChI=1S/C29H27N3O3S/c1-4-20-13-15-22(16-14-20)32-28(34)26(17-21-10-6-5-9-19(21)2)36-29(32)23(18-30)27(33)31-24-11-7-8-12-25(24)35-3/h5-16,26H,4,17H2,1-3H3,(H,31,33)/b29-23-. The van der Waals surface area contributed by atoms with Crippen LogP contribution in [-0.2, 0) is 22.4 Å². The lowest BCUT2D eigenvalue weighted by atomic mass is 10.0. The average Bonchev–Trinajstić information content (AvgIpc) is 3.21. The van der Waals surface area contributed by atoms with Crippen molar-refractivity contribution in [1.82, 2.24) is 0 Å². The van der Waals surface area contributed by atoms with Gasteiger partial charge in [0.15, 0.2) is 0 Å². The van der Waals surface area contributed by atoms with E-state index in [0.29, 0.717) is 28.6 Å². The Morgan fingerprint density at radius 3 is 2.44 bits per heavy atom. The molecule has 1 aliphatic heterocycles. The zero-order valence-electron chi connectivity index (χ0n) is 20.4. The molecule has 0 aliphatic carbocycles. The van der Waals surface area contributed by atoms with Crippen LogP contribution < -0.4 is 15.0 Å². The number of methoxy groups -OCH3 is 1. The molecular formula is C29H27N3O3S. The van der Waals surface area contributed by atoms with Crippen LogP contribution in [0, 0.1) is 18.3 Å². The van der Waals surface area contributed by atoms with Gasteiger partial charge in [0.25, 0.3) is 5.91 Å². The third-order valence-electron chi connectivity index (χ3n) is 6.13. The Labute approximate surface area is 215 Å². The van der Waals surface area contributed by atoms with E-state index < -0.39 is 11.2 Å². The molecule has 0 aromatic heterocycles. The fourth-order valence-corrected chi connectivity index (χ4v) is 5.37. The number of thioether (sulfide) groups is 1. The van der Waals surface area contributed by atoms with E-state index in [-0.39, 0.29) is 11.5 Å². The molecule has 1 fully saturated rings. The second-order valence-corrected chi connectivity index (χ2v) is 9.57. The van der Waals surface area contributed by atoms with Gasteiger partial charge in [0.2, 0.25) is 5.91 Å². The van der Waals surface area contributed by atoms with E-state index in [2.05, 4.69) is 18.3 Å². The van der Waals surface area contributed by atoms with Crippen LogP contribution in [0.15, 0.2) is 83.4 Å². The first kappa shape index (κ1) is 25.1. The summed E-state index contributed by atoms with van der Waals surface area (Å²) >= 11 is 1.26. The summed E-state index contributed by atoms with van der Waals surface area (Å²) in [6, 6.07) is 24.6. The third-order valence-corrected chi connectivity index (χ3v) is 7.39. The van der Waals surface area contributed by atoms with Gasteiger partial charge in [-0.05, 0) is 60.7 Å². The van der Waals surface area contributed by atoms with Crippen molar-refractivity contribution in [3.63, 3.8) is 0 Å². The van der Waals surface area contributed by atoms with Crippen molar-refractivity contribution in [2.24, 2.45) is 0 Å². The molecule has 0 bridgehead atoms. The first-order valence-corrected chi connectivity index (χ1v) is 12.6. The highest BCUT2D eigenvalue weighted by atomic mass is 32.2. The topological polar surface area (TPSA) is 82.4 Å². The summed E-state index contributed by atoms with van der Waals surface area (Å²) in [5.74, 6) is -0.267. The van der Waals surface area contributed by atoms with Gasteiger partial charge in [-0.2, -0.15) is 5.26 Å². The highest BCUT2D eigenvalue weighted by molar-refractivity contribution is 8.05. The number of hydrogen-bond donors (Lipinski definition) is 1. The fraction of sp³-hybridized carbons (Fsp3) is 0.207. The van der Waals surface area contributed by atoms with E-state index >= 15 is 0 Å². The maximum atomic E-state index is 13.7. The van der Waals surface area contributed by atoms with E-state index in [9.17, 15) is 14.9 Å². The second kappa shape index (κ2) is 11.1. The molecule has 1 heterocycles. The van der Waals surface area contributed by atoms with Crippen LogP contribution in [0.4, 0.5) is 11.4 Å². The first-order chi connectivity index (χ1) is 17.5. The summed E-state index contributed by atoms with van der Waals surface area (Å²) in [5, 5.41) is 12.7. The minimum Gasteiger partial charge on any atom is -0.495 e. The van der Waals surface area contributed by atoms with Crippen LogP contribution in [0.1, 0.15) is 23.6 Å². The predicted octanol–water partition coefficient (Wildman–Crippen LogP) is 5.63. The number of anilines is 2. The normalized spacial score (nSPS) is 16.4. The molecular weight excluding hydrogens is 470 g/mol. The summed E-state index contributed by atoms with van der Waals surface area (Å²) in [7, 11) is 1.51. The molecule has 2 amide bonds. The molecule has 7 heteroatoms. The molecule has 0 saturated carbocycles. The predicted molar refractivity (Wildman–Crippen MR) is 144 cm³/mol. The Balaban J connectivity index is 1.75. The summed E-state index contributed by atoms with van der Waals surface area (Å²) in [5.41, 5.74) is 4.24. The van der Waals surface area contributed by atoms with Gasteiger partial charge in [0.1, 0.15) is 22.4 Å². The summed E-state index contributed by atoms with van der Waals surface area (Å²) in [4.78, 5) is 28.5. The lowest BCUT2D eigenvalue weighted by Gasteiger charge is -2.19. The Morgan fingerprint density at radius 1 is 1.08 bits per heavy atom. The average molecular weight is 498 g/mol. The summed E-state index contributed by atoms with van der Waals surface area (Å²) < 4.78 is 5.33. The van der Waals surface area contributed by atoms with Crippen molar-refractivity contribution < 1.29 is 14.3 Å². The minimum atomic E-state index is -0.593. The third kappa shape index (κ3) is 5.14. The number of para-hydroxylation sites is 2. The van der Waals surface area contributed by atoms with Gasteiger partial charge in [-0.25, -0.2) is 0 Å². The lowest BCUT2D eigenvalue weighted by molar-refractivity contribution is -0.117. The number of benzene rings is 3. The summed E-state index contributed by atoms with van der Waals surface area (Å²) in [6.07, 6.45) is 1.36. The number of amides is 2. The number of carbonyl (C=O) groups excluding carboxylic acids is 2. The number of nitriles is 1. The van der Waals surface area contributed by atoms with E-state index in [0.717, 1.165) is 23.1 Å². The van der Waals surface area contributed by atoms with Gasteiger partial charge in [0.05, 0.1) is 18.0 Å². The van der Waals surface area contributed by atoms with Gasteiger partial charge in [-0.3, -0.25) is 14.5 Å². The Hall–Kier alpha value is -4.02. The Kier molecular flexibility index (Phi) is 7.77. The molecule has 1 aliphatic rings. The van der Waals surface area contributed by atoms with Crippen LogP contribution >= 0.6 is 11.8 Å². The van der Waals surface area contributed by atoms with E-state index in [4.69, 9.17) is 4.74 Å². The number of nitrogens with zero attached hydrogens (tertiary/aromatic N) is 2. The smallest absolute Gasteiger partial charge is 0.269 e. The van der Waals surface area contributed by atoms with Crippen molar-refractivity contribution >= 4 is 35.0 Å². The number of ether oxygens (including phenoxy) is 1. The first-order valence-electron chi connectivity index (χ1n) is 11.7. The van der Waals surface area contributed by atoms with Crippen LogP contribution in [0.25, 0.3) is 0 Å². The molecule has 3 aromatic rings.